The van der Waals surface area contributed by atoms with E-state index in [4.69, 9.17) is 4.74 Å². The highest BCUT2D eigenvalue weighted by atomic mass is 16.6. The van der Waals surface area contributed by atoms with Crippen LogP contribution in [0.15, 0.2) is 42.5 Å². The zero-order valence-corrected chi connectivity index (χ0v) is 17.1. The van der Waals surface area contributed by atoms with Crippen molar-refractivity contribution in [2.24, 2.45) is 0 Å². The average Bonchev–Trinajstić information content (AvgIpc) is 3.21. The van der Waals surface area contributed by atoms with Gasteiger partial charge in [0.25, 0.3) is 29.3 Å². The molecule has 172 valence electrons. The van der Waals surface area contributed by atoms with Gasteiger partial charge < -0.3 is 9.47 Å². The van der Waals surface area contributed by atoms with Crippen LogP contribution in [0.4, 0.5) is 5.69 Å². The molecule has 0 bridgehead atoms. The van der Waals surface area contributed by atoms with Crippen LogP contribution in [0.25, 0.3) is 0 Å². The van der Waals surface area contributed by atoms with Crippen molar-refractivity contribution in [2.45, 2.75) is 0 Å². The molecule has 13 nitrogen and oxygen atoms in total. The third-order valence-corrected chi connectivity index (χ3v) is 5.04. The van der Waals surface area contributed by atoms with E-state index in [9.17, 15) is 38.9 Å². The van der Waals surface area contributed by atoms with Crippen LogP contribution in [-0.2, 0) is 19.1 Å². The Morgan fingerprint density at radius 3 is 1.97 bits per heavy atom. The first-order chi connectivity index (χ1) is 16.2. The van der Waals surface area contributed by atoms with Crippen molar-refractivity contribution >= 4 is 41.3 Å². The normalized spacial score (nSPS) is 14.2. The van der Waals surface area contributed by atoms with Gasteiger partial charge >= 0.3 is 11.9 Å². The summed E-state index contributed by atoms with van der Waals surface area (Å²) in [6.45, 7) is -2.52. The first-order valence-corrected chi connectivity index (χ1v) is 9.60. The Labute approximate surface area is 189 Å². The van der Waals surface area contributed by atoms with Crippen LogP contribution < -0.4 is 0 Å². The number of nitrogens with zero attached hydrogens (tertiary/aromatic N) is 3. The lowest BCUT2D eigenvalue weighted by molar-refractivity contribution is -0.385. The Bertz CT molecular complexity index is 1270. The van der Waals surface area contributed by atoms with Crippen molar-refractivity contribution in [3.05, 3.63) is 74.8 Å². The van der Waals surface area contributed by atoms with Crippen molar-refractivity contribution in [3.8, 4) is 0 Å². The van der Waals surface area contributed by atoms with E-state index in [2.05, 4.69) is 4.74 Å². The molecule has 4 amide bonds. The monoisotopic (exact) mass is 467 g/mol. The van der Waals surface area contributed by atoms with E-state index in [-0.39, 0.29) is 16.7 Å². The minimum Gasteiger partial charge on any atom is -0.452 e. The van der Waals surface area contributed by atoms with E-state index in [1.54, 1.807) is 12.1 Å². The number of nitro groups is 1. The number of carbonyl (C=O) groups excluding carboxylic acids is 6. The fourth-order valence-electron chi connectivity index (χ4n) is 3.46. The quantitative estimate of drug-likeness (QED) is 0.242. The van der Waals surface area contributed by atoms with E-state index >= 15 is 0 Å². The summed E-state index contributed by atoms with van der Waals surface area (Å²) in [5.41, 5.74) is -0.922. The lowest BCUT2D eigenvalue weighted by Crippen LogP contribution is -2.37. The number of benzene rings is 2. The van der Waals surface area contributed by atoms with Crippen LogP contribution in [0.1, 0.15) is 41.4 Å². The van der Waals surface area contributed by atoms with E-state index < -0.39 is 71.6 Å². The highest BCUT2D eigenvalue weighted by Crippen LogP contribution is 2.30. The van der Waals surface area contributed by atoms with Crippen LogP contribution in [0, 0.1) is 10.1 Å². The summed E-state index contributed by atoms with van der Waals surface area (Å²) >= 11 is 0. The molecule has 0 saturated heterocycles. The topological polar surface area (TPSA) is 170 Å². The number of ether oxygens (including phenoxy) is 2. The lowest BCUT2D eigenvalue weighted by Gasteiger charge is -2.15. The van der Waals surface area contributed by atoms with Crippen molar-refractivity contribution in [3.63, 3.8) is 0 Å². The van der Waals surface area contributed by atoms with E-state index in [1.165, 1.54) is 24.3 Å². The molecular weight excluding hydrogens is 454 g/mol. The maximum atomic E-state index is 12.4. The summed E-state index contributed by atoms with van der Waals surface area (Å²) < 4.78 is 9.49. The second-order valence-corrected chi connectivity index (χ2v) is 7.04. The smallest absolute Gasteiger partial charge is 0.346 e. The summed E-state index contributed by atoms with van der Waals surface area (Å²) in [5.74, 6) is -5.51. The molecule has 0 N–H and O–H groups in total. The van der Waals surface area contributed by atoms with Gasteiger partial charge in [0.1, 0.15) is 12.1 Å². The molecule has 2 heterocycles. The number of carbonyl (C=O) groups is 6. The molecule has 0 spiro atoms. The molecule has 2 aliphatic heterocycles. The van der Waals surface area contributed by atoms with Crippen LogP contribution in [0.5, 0.6) is 0 Å². The summed E-state index contributed by atoms with van der Waals surface area (Å²) in [7, 11) is 0. The molecule has 0 radical (unpaired) electrons. The number of nitro benzene ring substituents is 1. The Hall–Kier alpha value is -4.94. The number of hydrogen-bond donors (Lipinski definition) is 0. The highest BCUT2D eigenvalue weighted by molar-refractivity contribution is 6.24. The van der Waals surface area contributed by atoms with E-state index in [0.29, 0.717) is 9.80 Å². The van der Waals surface area contributed by atoms with Gasteiger partial charge in [0.05, 0.1) is 21.6 Å². The fourth-order valence-corrected chi connectivity index (χ4v) is 3.46. The molecule has 0 aromatic heterocycles. The van der Waals surface area contributed by atoms with Gasteiger partial charge in [0, 0.05) is 6.07 Å². The lowest BCUT2D eigenvalue weighted by atomic mass is 10.1. The van der Waals surface area contributed by atoms with Gasteiger partial charge in [-0.15, -0.1) is 0 Å². The van der Waals surface area contributed by atoms with Crippen molar-refractivity contribution in [2.75, 3.05) is 19.9 Å². The molecule has 34 heavy (non-hydrogen) atoms. The summed E-state index contributed by atoms with van der Waals surface area (Å²) in [6, 6.07) is 9.55. The summed E-state index contributed by atoms with van der Waals surface area (Å²) in [6.07, 6.45) is 0. The number of amides is 4. The minimum absolute atomic E-state index is 0.163. The van der Waals surface area contributed by atoms with Crippen LogP contribution in [-0.4, -0.2) is 70.2 Å². The SMILES string of the molecule is O=C(COC(=O)CN1C(=O)c2cccc([N+](=O)[O-])c2C1=O)OCN1C(=O)c2ccccc2C1=O. The Morgan fingerprint density at radius 2 is 1.35 bits per heavy atom. The first kappa shape index (κ1) is 22.3. The van der Waals surface area contributed by atoms with Gasteiger partial charge in [-0.2, -0.15) is 0 Å². The standard InChI is InChI=1S/C21H13N3O10/c25-15(8-22-20(29)13-6-3-7-14(24(31)32)17(13)21(22)30)33-9-16(26)34-10-23-18(27)11-4-1-2-5-12(11)19(23)28/h1-7H,8-10H2. The number of imide groups is 2. The Balaban J connectivity index is 1.30. The number of rotatable bonds is 7. The van der Waals surface area contributed by atoms with Gasteiger partial charge in [0.15, 0.2) is 13.3 Å². The van der Waals surface area contributed by atoms with E-state index in [0.717, 1.165) is 6.07 Å². The van der Waals surface area contributed by atoms with Crippen molar-refractivity contribution < 1.29 is 43.2 Å². The molecule has 0 aliphatic carbocycles. The van der Waals surface area contributed by atoms with Crippen LogP contribution in [0.3, 0.4) is 0 Å². The average molecular weight is 467 g/mol. The summed E-state index contributed by atoms with van der Waals surface area (Å²) in [5, 5.41) is 11.1. The van der Waals surface area contributed by atoms with Crippen molar-refractivity contribution in [1.82, 2.24) is 9.80 Å². The molecule has 0 saturated carbocycles. The second kappa shape index (κ2) is 8.54. The minimum atomic E-state index is -1.16. The highest BCUT2D eigenvalue weighted by Gasteiger charge is 2.42. The zero-order chi connectivity index (χ0) is 24.6. The van der Waals surface area contributed by atoms with Gasteiger partial charge in [-0.1, -0.05) is 18.2 Å². The van der Waals surface area contributed by atoms with Gasteiger partial charge in [-0.05, 0) is 18.2 Å². The number of hydrogen-bond acceptors (Lipinski definition) is 10. The van der Waals surface area contributed by atoms with Gasteiger partial charge in [0.2, 0.25) is 0 Å². The largest absolute Gasteiger partial charge is 0.452 e. The predicted molar refractivity (Wildman–Crippen MR) is 107 cm³/mol. The molecule has 0 unspecified atom stereocenters. The maximum Gasteiger partial charge on any atom is 0.346 e. The third-order valence-electron chi connectivity index (χ3n) is 5.04. The Kier molecular flexibility index (Phi) is 5.59. The first-order valence-electron chi connectivity index (χ1n) is 9.60. The molecule has 0 atom stereocenters. The number of esters is 2. The van der Waals surface area contributed by atoms with Crippen LogP contribution >= 0.6 is 0 Å². The van der Waals surface area contributed by atoms with Crippen molar-refractivity contribution in [1.29, 1.82) is 0 Å². The molecule has 2 aliphatic rings. The molecule has 2 aromatic rings. The number of fused-ring (bicyclic) bond motifs is 2. The fraction of sp³-hybridized carbons (Fsp3) is 0.143. The molecular formula is C21H13N3O10. The molecule has 4 rings (SSSR count). The molecule has 0 fully saturated rings. The third kappa shape index (κ3) is 3.74. The summed E-state index contributed by atoms with van der Waals surface area (Å²) in [4.78, 5) is 84.6. The molecule has 2 aromatic carbocycles. The van der Waals surface area contributed by atoms with E-state index in [1.807, 2.05) is 0 Å². The maximum absolute atomic E-state index is 12.4. The molecule has 13 heteroatoms. The second-order valence-electron chi connectivity index (χ2n) is 7.04. The predicted octanol–water partition coefficient (Wildman–Crippen LogP) is 0.531. The van der Waals surface area contributed by atoms with Gasteiger partial charge in [-0.25, -0.2) is 9.69 Å². The zero-order valence-electron chi connectivity index (χ0n) is 17.1. The Morgan fingerprint density at radius 1 is 0.765 bits per heavy atom. The van der Waals surface area contributed by atoms with Crippen LogP contribution in [0.2, 0.25) is 0 Å². The van der Waals surface area contributed by atoms with Gasteiger partial charge in [-0.3, -0.25) is 39.0 Å².